The third-order valence-electron chi connectivity index (χ3n) is 2.39. The van der Waals surface area contributed by atoms with Gasteiger partial charge in [-0.05, 0) is 30.3 Å². The summed E-state index contributed by atoms with van der Waals surface area (Å²) in [6.07, 6.45) is 4.36. The van der Waals surface area contributed by atoms with Crippen molar-refractivity contribution in [1.29, 1.82) is 0 Å². The number of nitrogens with one attached hydrogen (secondary N) is 1. The van der Waals surface area contributed by atoms with Gasteiger partial charge in [-0.2, -0.15) is 0 Å². The first-order valence-electron chi connectivity index (χ1n) is 5.58. The van der Waals surface area contributed by atoms with Gasteiger partial charge in [0.1, 0.15) is 5.76 Å². The van der Waals surface area contributed by atoms with Crippen LogP contribution in [0.2, 0.25) is 0 Å². The van der Waals surface area contributed by atoms with Gasteiger partial charge in [-0.3, -0.25) is 9.59 Å². The van der Waals surface area contributed by atoms with E-state index in [9.17, 15) is 9.59 Å². The zero-order chi connectivity index (χ0) is 13.7. The Morgan fingerprint density at radius 2 is 1.95 bits per heavy atom. The second-order valence-corrected chi connectivity index (χ2v) is 3.75. The van der Waals surface area contributed by atoms with Gasteiger partial charge < -0.3 is 15.5 Å². The Morgan fingerprint density at radius 1 is 1.16 bits per heavy atom. The van der Waals surface area contributed by atoms with Gasteiger partial charge in [0.2, 0.25) is 5.91 Å². The summed E-state index contributed by atoms with van der Waals surface area (Å²) >= 11 is 0. The fourth-order valence-electron chi connectivity index (χ4n) is 1.53. The molecule has 2 aromatic rings. The average molecular weight is 256 g/mol. The van der Waals surface area contributed by atoms with E-state index in [0.717, 1.165) is 0 Å². The molecule has 0 unspecified atom stereocenters. The van der Waals surface area contributed by atoms with Gasteiger partial charge in [0.25, 0.3) is 5.91 Å². The smallest absolute Gasteiger partial charge is 0.250 e. The first-order valence-corrected chi connectivity index (χ1v) is 5.58. The molecule has 2 amide bonds. The van der Waals surface area contributed by atoms with Crippen molar-refractivity contribution in [2.75, 3.05) is 5.32 Å². The number of carbonyl (C=O) groups is 2. The maximum absolute atomic E-state index is 11.7. The van der Waals surface area contributed by atoms with Crippen LogP contribution in [0.25, 0.3) is 6.08 Å². The van der Waals surface area contributed by atoms with Crippen molar-refractivity contribution in [2.45, 2.75) is 0 Å². The minimum absolute atomic E-state index is 0.266. The van der Waals surface area contributed by atoms with E-state index >= 15 is 0 Å². The van der Waals surface area contributed by atoms with E-state index in [0.29, 0.717) is 11.4 Å². The van der Waals surface area contributed by atoms with Gasteiger partial charge in [0.15, 0.2) is 0 Å². The van der Waals surface area contributed by atoms with Crippen LogP contribution in [0.5, 0.6) is 0 Å². The van der Waals surface area contributed by atoms with Crippen LogP contribution in [0.3, 0.4) is 0 Å². The summed E-state index contributed by atoms with van der Waals surface area (Å²) in [5.41, 5.74) is 5.86. The van der Waals surface area contributed by atoms with Gasteiger partial charge in [-0.1, -0.05) is 12.1 Å². The predicted octanol–water partition coefficient (Wildman–Crippen LogP) is 2.03. The van der Waals surface area contributed by atoms with Crippen molar-refractivity contribution in [3.05, 3.63) is 60.1 Å². The molecule has 0 fully saturated rings. The lowest BCUT2D eigenvalue weighted by molar-refractivity contribution is -0.111. The second kappa shape index (κ2) is 5.68. The molecule has 1 aromatic carbocycles. The third kappa shape index (κ3) is 3.32. The molecule has 0 saturated carbocycles. The molecular weight excluding hydrogens is 244 g/mol. The number of benzene rings is 1. The highest BCUT2D eigenvalue weighted by molar-refractivity contribution is 6.07. The monoisotopic (exact) mass is 256 g/mol. The number of primary amides is 1. The molecule has 0 atom stereocenters. The van der Waals surface area contributed by atoms with Crippen LogP contribution in [-0.2, 0) is 4.79 Å². The summed E-state index contributed by atoms with van der Waals surface area (Å²) in [5.74, 6) is -0.394. The Labute approximate surface area is 109 Å². The number of rotatable bonds is 4. The molecule has 1 heterocycles. The summed E-state index contributed by atoms with van der Waals surface area (Å²) in [4.78, 5) is 22.9. The van der Waals surface area contributed by atoms with Crippen molar-refractivity contribution < 1.29 is 14.0 Å². The minimum atomic E-state index is -0.592. The molecule has 0 aliphatic rings. The van der Waals surface area contributed by atoms with Crippen molar-refractivity contribution in [3.8, 4) is 0 Å². The van der Waals surface area contributed by atoms with Crippen molar-refractivity contribution in [3.63, 3.8) is 0 Å². The molecule has 0 saturated heterocycles. The van der Waals surface area contributed by atoms with Crippen LogP contribution in [0, 0.1) is 0 Å². The minimum Gasteiger partial charge on any atom is -0.465 e. The first-order chi connectivity index (χ1) is 9.16. The van der Waals surface area contributed by atoms with E-state index in [1.807, 2.05) is 0 Å². The largest absolute Gasteiger partial charge is 0.465 e. The summed E-state index contributed by atoms with van der Waals surface area (Å²) in [6.45, 7) is 0. The number of nitrogens with two attached hydrogens (primary N) is 1. The van der Waals surface area contributed by atoms with Gasteiger partial charge >= 0.3 is 0 Å². The summed E-state index contributed by atoms with van der Waals surface area (Å²) < 4.78 is 5.06. The quantitative estimate of drug-likeness (QED) is 0.821. The molecule has 5 nitrogen and oxygen atoms in total. The topological polar surface area (TPSA) is 85.3 Å². The highest BCUT2D eigenvalue weighted by Gasteiger charge is 2.08. The van der Waals surface area contributed by atoms with Crippen LogP contribution >= 0.6 is 0 Å². The fraction of sp³-hybridized carbons (Fsp3) is 0. The van der Waals surface area contributed by atoms with Crippen LogP contribution in [0.1, 0.15) is 16.1 Å². The predicted molar refractivity (Wildman–Crippen MR) is 71.3 cm³/mol. The number of anilines is 1. The number of amides is 2. The van der Waals surface area contributed by atoms with E-state index in [1.165, 1.54) is 18.4 Å². The van der Waals surface area contributed by atoms with Crippen molar-refractivity contribution in [1.82, 2.24) is 0 Å². The van der Waals surface area contributed by atoms with Gasteiger partial charge in [-0.15, -0.1) is 0 Å². The molecule has 0 aliphatic heterocycles. The Kier molecular flexibility index (Phi) is 3.78. The molecule has 3 N–H and O–H groups in total. The molecule has 19 heavy (non-hydrogen) atoms. The van der Waals surface area contributed by atoms with Crippen LogP contribution < -0.4 is 11.1 Å². The lowest BCUT2D eigenvalue weighted by atomic mass is 10.1. The number of carbonyl (C=O) groups excluding carboxylic acids is 2. The molecule has 0 bridgehead atoms. The number of furan rings is 1. The number of hydrogen-bond donors (Lipinski definition) is 2. The molecule has 96 valence electrons. The summed E-state index contributed by atoms with van der Waals surface area (Å²) in [7, 11) is 0. The van der Waals surface area contributed by atoms with Crippen LogP contribution in [0.15, 0.2) is 53.2 Å². The fourth-order valence-corrected chi connectivity index (χ4v) is 1.53. The van der Waals surface area contributed by atoms with Crippen molar-refractivity contribution in [2.24, 2.45) is 5.73 Å². The van der Waals surface area contributed by atoms with Gasteiger partial charge in [0.05, 0.1) is 17.5 Å². The Morgan fingerprint density at radius 3 is 2.63 bits per heavy atom. The molecule has 5 heteroatoms. The van der Waals surface area contributed by atoms with E-state index in [4.69, 9.17) is 10.2 Å². The second-order valence-electron chi connectivity index (χ2n) is 3.75. The van der Waals surface area contributed by atoms with Crippen LogP contribution in [-0.4, -0.2) is 11.8 Å². The zero-order valence-electron chi connectivity index (χ0n) is 10.00. The van der Waals surface area contributed by atoms with E-state index in [-0.39, 0.29) is 11.5 Å². The molecule has 2 rings (SSSR count). The molecule has 0 radical (unpaired) electrons. The Hall–Kier alpha value is -2.82. The Bertz CT molecular complexity index is 615. The average Bonchev–Trinajstić information content (AvgIpc) is 2.90. The normalized spacial score (nSPS) is 10.5. The lowest BCUT2D eigenvalue weighted by Crippen LogP contribution is -2.16. The maximum atomic E-state index is 11.7. The van der Waals surface area contributed by atoms with E-state index in [2.05, 4.69) is 5.32 Å². The summed E-state index contributed by atoms with van der Waals surface area (Å²) in [5, 5.41) is 2.59. The molecule has 0 aliphatic carbocycles. The number of hydrogen-bond acceptors (Lipinski definition) is 3. The number of para-hydroxylation sites is 1. The standard InChI is InChI=1S/C14H12N2O3/c15-14(18)11-5-1-2-6-12(11)16-13(17)8-7-10-4-3-9-19-10/h1-9H,(H2,15,18)(H,16,17)/b8-7+. The van der Waals surface area contributed by atoms with Gasteiger partial charge in [-0.25, -0.2) is 0 Å². The molecule has 1 aromatic heterocycles. The lowest BCUT2D eigenvalue weighted by Gasteiger charge is -2.06. The zero-order valence-corrected chi connectivity index (χ0v) is 10.00. The summed E-state index contributed by atoms with van der Waals surface area (Å²) in [6, 6.07) is 9.99. The van der Waals surface area contributed by atoms with Crippen molar-refractivity contribution >= 4 is 23.6 Å². The SMILES string of the molecule is NC(=O)c1ccccc1NC(=O)/C=C/c1ccco1. The van der Waals surface area contributed by atoms with Gasteiger partial charge in [0, 0.05) is 6.08 Å². The highest BCUT2D eigenvalue weighted by Crippen LogP contribution is 2.14. The van der Waals surface area contributed by atoms with E-state index < -0.39 is 5.91 Å². The first kappa shape index (κ1) is 12.6. The van der Waals surface area contributed by atoms with Crippen LogP contribution in [0.4, 0.5) is 5.69 Å². The maximum Gasteiger partial charge on any atom is 0.250 e. The molecule has 0 spiro atoms. The molecular formula is C14H12N2O3. The highest BCUT2D eigenvalue weighted by atomic mass is 16.3. The van der Waals surface area contributed by atoms with E-state index in [1.54, 1.807) is 36.4 Å². The Balaban J connectivity index is 2.09. The third-order valence-corrected chi connectivity index (χ3v) is 2.39.